The van der Waals surface area contributed by atoms with Crippen molar-refractivity contribution in [3.05, 3.63) is 90.0 Å². The molecule has 0 saturated carbocycles. The number of carbonyl (C=O) groups is 2. The monoisotopic (exact) mass is 461 g/mol. The van der Waals surface area contributed by atoms with E-state index in [2.05, 4.69) is 15.6 Å². The third-order valence-electron chi connectivity index (χ3n) is 4.27. The first-order valence-corrected chi connectivity index (χ1v) is 11.4. The number of rotatable bonds is 7. The molecule has 2 amide bonds. The van der Waals surface area contributed by atoms with Crippen molar-refractivity contribution in [2.75, 3.05) is 5.32 Å². The van der Waals surface area contributed by atoms with Crippen molar-refractivity contribution in [1.29, 1.82) is 0 Å². The Labute approximate surface area is 182 Å². The van der Waals surface area contributed by atoms with Crippen LogP contribution in [0.5, 0.6) is 0 Å². The number of halogens is 2. The maximum atomic E-state index is 13.1. The lowest BCUT2D eigenvalue weighted by Gasteiger charge is -2.18. The van der Waals surface area contributed by atoms with E-state index in [1.165, 1.54) is 36.4 Å². The summed E-state index contributed by atoms with van der Waals surface area (Å²) in [5.41, 5.74) is 1.08. The molecule has 0 radical (unpaired) electrons. The van der Waals surface area contributed by atoms with Crippen LogP contribution in [0.4, 0.5) is 10.1 Å². The number of amides is 2. The molecule has 0 fully saturated rings. The fourth-order valence-corrected chi connectivity index (χ4v) is 3.48. The van der Waals surface area contributed by atoms with Crippen LogP contribution in [0.25, 0.3) is 0 Å². The minimum absolute atomic E-state index is 0.105. The van der Waals surface area contributed by atoms with E-state index in [1.54, 1.807) is 24.4 Å². The van der Waals surface area contributed by atoms with Gasteiger partial charge < -0.3 is 10.6 Å². The quantitative estimate of drug-likeness (QED) is 0.526. The molecule has 1 heterocycles. The smallest absolute Gasteiger partial charge is 0.261 e. The molecular weight excluding hydrogens is 445 g/mol. The van der Waals surface area contributed by atoms with Gasteiger partial charge in [-0.3, -0.25) is 14.6 Å². The summed E-state index contributed by atoms with van der Waals surface area (Å²) in [5, 5.41) is 5.25. The van der Waals surface area contributed by atoms with Gasteiger partial charge in [0.25, 0.3) is 15.0 Å². The van der Waals surface area contributed by atoms with E-state index in [1.807, 2.05) is 0 Å². The van der Waals surface area contributed by atoms with Crippen LogP contribution in [0.3, 0.4) is 0 Å². The number of anilines is 1. The van der Waals surface area contributed by atoms with Crippen molar-refractivity contribution in [2.24, 2.45) is 0 Å². The Bertz CT molecular complexity index is 1170. The van der Waals surface area contributed by atoms with Crippen molar-refractivity contribution in [1.82, 2.24) is 10.3 Å². The lowest BCUT2D eigenvalue weighted by Crippen LogP contribution is -2.45. The molecule has 0 aliphatic rings. The minimum Gasteiger partial charge on any atom is -0.340 e. The molecule has 3 aromatic rings. The summed E-state index contributed by atoms with van der Waals surface area (Å²) < 4.78 is 35.8. The number of carbonyl (C=O) groups excluding carboxylic acids is 2. The normalized spacial score (nSPS) is 12.1. The highest BCUT2D eigenvalue weighted by molar-refractivity contribution is 8.13. The molecule has 0 spiro atoms. The zero-order chi connectivity index (χ0) is 22.4. The van der Waals surface area contributed by atoms with Crippen LogP contribution >= 0.6 is 10.7 Å². The second-order valence-corrected chi connectivity index (χ2v) is 9.08. The molecule has 2 aromatic carbocycles. The lowest BCUT2D eigenvalue weighted by atomic mass is 10.1. The van der Waals surface area contributed by atoms with Crippen molar-refractivity contribution in [3.63, 3.8) is 0 Å². The van der Waals surface area contributed by atoms with Gasteiger partial charge in [0.15, 0.2) is 0 Å². The van der Waals surface area contributed by atoms with Crippen molar-refractivity contribution >= 4 is 37.2 Å². The summed E-state index contributed by atoms with van der Waals surface area (Å²) >= 11 is 0. The van der Waals surface area contributed by atoms with E-state index in [0.29, 0.717) is 11.4 Å². The second kappa shape index (κ2) is 9.67. The topological polar surface area (TPSA) is 105 Å². The average Bonchev–Trinajstić information content (AvgIpc) is 2.74. The number of benzene rings is 2. The molecule has 0 saturated heterocycles. The van der Waals surface area contributed by atoms with Crippen molar-refractivity contribution in [2.45, 2.75) is 17.4 Å². The number of nitrogens with zero attached hydrogens (tertiary/aromatic N) is 1. The zero-order valence-electron chi connectivity index (χ0n) is 16.0. The summed E-state index contributed by atoms with van der Waals surface area (Å²) in [6.45, 7) is 0. The van der Waals surface area contributed by atoms with Crippen LogP contribution in [0, 0.1) is 5.82 Å². The van der Waals surface area contributed by atoms with Crippen LogP contribution in [0.2, 0.25) is 0 Å². The van der Waals surface area contributed by atoms with E-state index in [0.717, 1.165) is 12.1 Å². The Kier molecular flexibility index (Phi) is 6.98. The molecule has 10 heteroatoms. The molecule has 0 unspecified atom stereocenters. The van der Waals surface area contributed by atoms with E-state index >= 15 is 0 Å². The highest BCUT2D eigenvalue weighted by Gasteiger charge is 2.23. The molecule has 0 aliphatic heterocycles. The standard InChI is InChI=1S/C21H17ClFN3O4S/c22-31(29,30)18-10-8-16(9-11-18)25-21(28)19(13-17-3-1-2-12-24-17)26-20(27)14-4-6-15(23)7-5-14/h1-12,19H,13H2,(H,25,28)(H,26,27)/t19-/m0/s1. The predicted octanol–water partition coefficient (Wildman–Crippen LogP) is 3.13. The summed E-state index contributed by atoms with van der Waals surface area (Å²) in [5.74, 6) is -1.58. The number of hydrogen-bond donors (Lipinski definition) is 2. The molecular formula is C21H17ClFN3O4S. The fraction of sp³-hybridized carbons (Fsp3) is 0.0952. The number of pyridine rings is 1. The lowest BCUT2D eigenvalue weighted by molar-refractivity contribution is -0.118. The second-order valence-electron chi connectivity index (χ2n) is 6.51. The van der Waals surface area contributed by atoms with Gasteiger partial charge in [0.1, 0.15) is 11.9 Å². The van der Waals surface area contributed by atoms with Gasteiger partial charge in [0.2, 0.25) is 5.91 Å². The van der Waals surface area contributed by atoms with Gasteiger partial charge in [0, 0.05) is 40.2 Å². The van der Waals surface area contributed by atoms with Gasteiger partial charge in [-0.05, 0) is 60.7 Å². The third kappa shape index (κ3) is 6.34. The molecule has 1 aromatic heterocycles. The summed E-state index contributed by atoms with van der Waals surface area (Å²) in [4.78, 5) is 29.5. The predicted molar refractivity (Wildman–Crippen MR) is 114 cm³/mol. The fourth-order valence-electron chi connectivity index (χ4n) is 2.71. The largest absolute Gasteiger partial charge is 0.340 e. The molecule has 1 atom stereocenters. The Balaban J connectivity index is 1.78. The van der Waals surface area contributed by atoms with E-state index < -0.39 is 32.7 Å². The molecule has 160 valence electrons. The number of nitrogens with one attached hydrogen (secondary N) is 2. The van der Waals surface area contributed by atoms with Gasteiger partial charge in [-0.1, -0.05) is 6.07 Å². The van der Waals surface area contributed by atoms with Gasteiger partial charge in [-0.25, -0.2) is 12.8 Å². The molecule has 3 rings (SSSR count). The number of hydrogen-bond acceptors (Lipinski definition) is 5. The van der Waals surface area contributed by atoms with Gasteiger partial charge in [0.05, 0.1) is 4.90 Å². The summed E-state index contributed by atoms with van der Waals surface area (Å²) in [6, 6.07) is 14.4. The summed E-state index contributed by atoms with van der Waals surface area (Å²) in [6.07, 6.45) is 1.67. The van der Waals surface area contributed by atoms with Crippen molar-refractivity contribution < 1.29 is 22.4 Å². The molecule has 2 N–H and O–H groups in total. The Morgan fingerprint density at radius 3 is 2.26 bits per heavy atom. The highest BCUT2D eigenvalue weighted by atomic mass is 35.7. The molecule has 0 aliphatic carbocycles. The van der Waals surface area contributed by atoms with Gasteiger partial charge in [-0.15, -0.1) is 0 Å². The van der Waals surface area contributed by atoms with E-state index in [4.69, 9.17) is 10.7 Å². The van der Waals surface area contributed by atoms with Crippen molar-refractivity contribution in [3.8, 4) is 0 Å². The third-order valence-corrected chi connectivity index (χ3v) is 5.64. The van der Waals surface area contributed by atoms with Crippen LogP contribution in [0.1, 0.15) is 16.1 Å². The van der Waals surface area contributed by atoms with E-state index in [9.17, 15) is 22.4 Å². The summed E-state index contributed by atoms with van der Waals surface area (Å²) in [7, 11) is 1.40. The molecule has 0 bridgehead atoms. The van der Waals surface area contributed by atoms with Gasteiger partial charge >= 0.3 is 0 Å². The first-order valence-electron chi connectivity index (χ1n) is 9.04. The highest BCUT2D eigenvalue weighted by Crippen LogP contribution is 2.18. The Morgan fingerprint density at radius 1 is 1.00 bits per heavy atom. The Hall–Kier alpha value is -3.30. The minimum atomic E-state index is -3.89. The Morgan fingerprint density at radius 2 is 1.68 bits per heavy atom. The van der Waals surface area contributed by atoms with Crippen LogP contribution in [-0.2, 0) is 20.3 Å². The number of aromatic nitrogens is 1. The maximum absolute atomic E-state index is 13.1. The molecule has 31 heavy (non-hydrogen) atoms. The van der Waals surface area contributed by atoms with Gasteiger partial charge in [-0.2, -0.15) is 0 Å². The van der Waals surface area contributed by atoms with E-state index in [-0.39, 0.29) is 16.9 Å². The first kappa shape index (κ1) is 22.4. The molecule has 7 nitrogen and oxygen atoms in total. The van der Waals surface area contributed by atoms with Crippen LogP contribution in [-0.4, -0.2) is 31.3 Å². The zero-order valence-corrected chi connectivity index (χ0v) is 17.5. The average molecular weight is 462 g/mol. The first-order chi connectivity index (χ1) is 14.7. The van der Waals surface area contributed by atoms with Crippen LogP contribution < -0.4 is 10.6 Å². The van der Waals surface area contributed by atoms with Crippen LogP contribution in [0.15, 0.2) is 77.8 Å². The maximum Gasteiger partial charge on any atom is 0.261 e. The SMILES string of the molecule is O=C(N[C@@H](Cc1ccccn1)C(=O)Nc1ccc(S(=O)(=O)Cl)cc1)c1ccc(F)cc1.